The Balaban J connectivity index is 2.38. The third kappa shape index (κ3) is 1.81. The van der Waals surface area contributed by atoms with E-state index in [9.17, 15) is 9.90 Å². The fourth-order valence-electron chi connectivity index (χ4n) is 2.46. The Labute approximate surface area is 112 Å². The molecule has 98 valence electrons. The number of pyridine rings is 1. The molecule has 3 nitrogen and oxygen atoms in total. The number of nitrogens with zero attached hydrogens (tertiary/aromatic N) is 1. The van der Waals surface area contributed by atoms with Gasteiger partial charge in [0, 0.05) is 16.5 Å². The highest BCUT2D eigenvalue weighted by Gasteiger charge is 2.41. The minimum Gasteiger partial charge on any atom is -0.478 e. The summed E-state index contributed by atoms with van der Waals surface area (Å²) in [6.07, 6.45) is 2.19. The van der Waals surface area contributed by atoms with Gasteiger partial charge in [-0.1, -0.05) is 19.1 Å². The van der Waals surface area contributed by atoms with E-state index in [-0.39, 0.29) is 5.41 Å². The van der Waals surface area contributed by atoms with Gasteiger partial charge in [0.15, 0.2) is 0 Å². The second-order valence-corrected chi connectivity index (χ2v) is 5.82. The first-order valence-corrected chi connectivity index (χ1v) is 6.57. The number of hydrogen-bond donors (Lipinski definition) is 1. The first kappa shape index (κ1) is 12.2. The molecule has 0 unspecified atom stereocenters. The zero-order valence-corrected chi connectivity index (χ0v) is 11.4. The Morgan fingerprint density at radius 2 is 2.00 bits per heavy atom. The fourth-order valence-corrected chi connectivity index (χ4v) is 2.46. The van der Waals surface area contributed by atoms with Crippen LogP contribution in [0, 0.1) is 13.8 Å². The summed E-state index contributed by atoms with van der Waals surface area (Å²) in [5.41, 5.74) is 4.43. The molecule has 0 saturated heterocycles. The van der Waals surface area contributed by atoms with Gasteiger partial charge in [0.2, 0.25) is 0 Å². The topological polar surface area (TPSA) is 50.2 Å². The van der Waals surface area contributed by atoms with Gasteiger partial charge in [-0.05, 0) is 43.9 Å². The zero-order chi connectivity index (χ0) is 13.8. The Kier molecular flexibility index (Phi) is 2.43. The van der Waals surface area contributed by atoms with Crippen LogP contribution < -0.4 is 0 Å². The van der Waals surface area contributed by atoms with Crippen molar-refractivity contribution in [3.05, 3.63) is 40.6 Å². The normalized spacial score (nSPS) is 16.6. The molecule has 2 aromatic rings. The van der Waals surface area contributed by atoms with Gasteiger partial charge in [-0.15, -0.1) is 0 Å². The Bertz CT molecular complexity index is 699. The molecular formula is C16H17NO2. The molecule has 19 heavy (non-hydrogen) atoms. The van der Waals surface area contributed by atoms with Crippen LogP contribution in [0.2, 0.25) is 0 Å². The largest absolute Gasteiger partial charge is 0.478 e. The average Bonchev–Trinajstić information content (AvgIpc) is 3.12. The van der Waals surface area contributed by atoms with Crippen LogP contribution >= 0.6 is 0 Å². The summed E-state index contributed by atoms with van der Waals surface area (Å²) >= 11 is 0. The van der Waals surface area contributed by atoms with Crippen molar-refractivity contribution in [3.8, 4) is 0 Å². The molecular weight excluding hydrogens is 238 g/mol. The van der Waals surface area contributed by atoms with Gasteiger partial charge < -0.3 is 5.11 Å². The van der Waals surface area contributed by atoms with Gasteiger partial charge in [-0.3, -0.25) is 4.98 Å². The minimum absolute atomic E-state index is 0.0780. The number of aromatic nitrogens is 1. The van der Waals surface area contributed by atoms with Crippen LogP contribution in [-0.2, 0) is 5.41 Å². The number of carboxylic acid groups (broad SMARTS) is 1. The Morgan fingerprint density at radius 1 is 1.32 bits per heavy atom. The molecule has 1 aliphatic rings. The molecule has 0 bridgehead atoms. The Morgan fingerprint density at radius 3 is 2.58 bits per heavy atom. The van der Waals surface area contributed by atoms with Crippen molar-refractivity contribution >= 4 is 16.9 Å². The number of fused-ring (bicyclic) bond motifs is 1. The summed E-state index contributed by atoms with van der Waals surface area (Å²) < 4.78 is 0. The maximum absolute atomic E-state index is 11.5. The van der Waals surface area contributed by atoms with Crippen molar-refractivity contribution in [1.82, 2.24) is 4.98 Å². The third-order valence-electron chi connectivity index (χ3n) is 4.35. The monoisotopic (exact) mass is 255 g/mol. The van der Waals surface area contributed by atoms with Crippen molar-refractivity contribution in [3.63, 3.8) is 0 Å². The van der Waals surface area contributed by atoms with E-state index in [1.165, 1.54) is 0 Å². The van der Waals surface area contributed by atoms with Gasteiger partial charge in [0.25, 0.3) is 0 Å². The van der Waals surface area contributed by atoms with Crippen molar-refractivity contribution in [2.75, 3.05) is 0 Å². The first-order chi connectivity index (χ1) is 8.92. The highest BCUT2D eigenvalue weighted by Crippen LogP contribution is 2.47. The van der Waals surface area contributed by atoms with Crippen LogP contribution in [0.25, 0.3) is 10.9 Å². The van der Waals surface area contributed by atoms with Crippen molar-refractivity contribution < 1.29 is 9.90 Å². The first-order valence-electron chi connectivity index (χ1n) is 6.57. The van der Waals surface area contributed by atoms with Gasteiger partial charge >= 0.3 is 5.97 Å². The Hall–Kier alpha value is -1.90. The molecule has 0 aliphatic heterocycles. The van der Waals surface area contributed by atoms with Gasteiger partial charge in [0.05, 0.1) is 11.1 Å². The van der Waals surface area contributed by atoms with Crippen LogP contribution in [-0.4, -0.2) is 16.1 Å². The van der Waals surface area contributed by atoms with E-state index < -0.39 is 5.97 Å². The second-order valence-electron chi connectivity index (χ2n) is 5.82. The summed E-state index contributed by atoms with van der Waals surface area (Å²) in [6, 6.07) is 5.59. The lowest BCUT2D eigenvalue weighted by atomic mass is 9.97. The molecule has 3 heteroatoms. The van der Waals surface area contributed by atoms with E-state index in [1.807, 2.05) is 26.0 Å². The number of aryl methyl sites for hydroxylation is 2. The predicted molar refractivity (Wildman–Crippen MR) is 74.8 cm³/mol. The van der Waals surface area contributed by atoms with Crippen molar-refractivity contribution in [2.24, 2.45) is 0 Å². The molecule has 0 atom stereocenters. The summed E-state index contributed by atoms with van der Waals surface area (Å²) in [4.78, 5) is 16.2. The lowest BCUT2D eigenvalue weighted by molar-refractivity contribution is 0.0699. The van der Waals surface area contributed by atoms with E-state index in [2.05, 4.69) is 6.92 Å². The maximum atomic E-state index is 11.5. The SMILES string of the molecule is Cc1ccc2c(C(=O)O)cc(C3(C)CC3)nc2c1C. The lowest BCUT2D eigenvalue weighted by Gasteiger charge is -2.13. The zero-order valence-electron chi connectivity index (χ0n) is 11.4. The number of aromatic carboxylic acids is 1. The average molecular weight is 255 g/mol. The number of carbonyl (C=O) groups is 1. The molecule has 1 heterocycles. The summed E-state index contributed by atoms with van der Waals surface area (Å²) in [6.45, 7) is 6.19. The number of hydrogen-bond acceptors (Lipinski definition) is 2. The van der Waals surface area contributed by atoms with E-state index in [0.29, 0.717) is 5.56 Å². The quantitative estimate of drug-likeness (QED) is 0.892. The number of carboxylic acids is 1. The van der Waals surface area contributed by atoms with Crippen LogP contribution in [0.15, 0.2) is 18.2 Å². The second kappa shape index (κ2) is 3.80. The van der Waals surface area contributed by atoms with Crippen LogP contribution in [0.5, 0.6) is 0 Å². The van der Waals surface area contributed by atoms with E-state index in [0.717, 1.165) is 40.6 Å². The van der Waals surface area contributed by atoms with Gasteiger partial charge in [-0.2, -0.15) is 0 Å². The summed E-state index contributed by atoms with van der Waals surface area (Å²) in [5, 5.41) is 10.2. The van der Waals surface area contributed by atoms with E-state index >= 15 is 0 Å². The predicted octanol–water partition coefficient (Wildman–Crippen LogP) is 3.60. The highest BCUT2D eigenvalue weighted by atomic mass is 16.4. The molecule has 3 rings (SSSR count). The molecule has 0 amide bonds. The number of benzene rings is 1. The molecule has 0 radical (unpaired) electrons. The van der Waals surface area contributed by atoms with Crippen molar-refractivity contribution in [2.45, 2.75) is 39.0 Å². The van der Waals surface area contributed by atoms with Crippen LogP contribution in [0.1, 0.15) is 46.9 Å². The van der Waals surface area contributed by atoms with Crippen LogP contribution in [0.3, 0.4) is 0 Å². The van der Waals surface area contributed by atoms with E-state index in [1.54, 1.807) is 6.07 Å². The molecule has 1 aromatic carbocycles. The standard InChI is InChI=1S/C16H17NO2/c1-9-4-5-11-12(15(18)19)8-13(16(3)6-7-16)17-14(11)10(9)2/h4-5,8H,6-7H2,1-3H3,(H,18,19). The third-order valence-corrected chi connectivity index (χ3v) is 4.35. The van der Waals surface area contributed by atoms with Crippen LogP contribution in [0.4, 0.5) is 0 Å². The minimum atomic E-state index is -0.874. The smallest absolute Gasteiger partial charge is 0.336 e. The molecule has 1 saturated carbocycles. The highest BCUT2D eigenvalue weighted by molar-refractivity contribution is 6.03. The number of rotatable bonds is 2. The summed E-state index contributed by atoms with van der Waals surface area (Å²) in [7, 11) is 0. The molecule has 1 fully saturated rings. The maximum Gasteiger partial charge on any atom is 0.336 e. The van der Waals surface area contributed by atoms with E-state index in [4.69, 9.17) is 4.98 Å². The molecule has 1 N–H and O–H groups in total. The lowest BCUT2D eigenvalue weighted by Crippen LogP contribution is -2.09. The molecule has 1 aromatic heterocycles. The fraction of sp³-hybridized carbons (Fsp3) is 0.375. The van der Waals surface area contributed by atoms with Gasteiger partial charge in [-0.25, -0.2) is 4.79 Å². The van der Waals surface area contributed by atoms with Crippen molar-refractivity contribution in [1.29, 1.82) is 0 Å². The summed E-state index contributed by atoms with van der Waals surface area (Å²) in [5.74, 6) is -0.874. The molecule has 0 spiro atoms. The molecule has 1 aliphatic carbocycles. The van der Waals surface area contributed by atoms with Gasteiger partial charge in [0.1, 0.15) is 0 Å².